The molecule has 1 heterocycles. The van der Waals surface area contributed by atoms with Crippen molar-refractivity contribution in [2.24, 2.45) is 5.92 Å². The summed E-state index contributed by atoms with van der Waals surface area (Å²) >= 11 is 0. The smallest absolute Gasteiger partial charge is 0.253 e. The topological polar surface area (TPSA) is 52.7 Å². The van der Waals surface area contributed by atoms with Gasteiger partial charge in [0, 0.05) is 37.7 Å². The first kappa shape index (κ1) is 17.5. The van der Waals surface area contributed by atoms with E-state index in [-0.39, 0.29) is 17.7 Å². The first-order chi connectivity index (χ1) is 11.0. The molecule has 0 radical (unpaired) electrons. The number of hydrogen-bond acceptors (Lipinski definition) is 3. The number of rotatable bonds is 5. The number of amides is 2. The minimum absolute atomic E-state index is 0.0266. The van der Waals surface area contributed by atoms with Crippen LogP contribution in [0.4, 0.5) is 0 Å². The fourth-order valence-corrected chi connectivity index (χ4v) is 2.85. The van der Waals surface area contributed by atoms with E-state index >= 15 is 0 Å². The molecule has 2 amide bonds. The van der Waals surface area contributed by atoms with E-state index in [2.05, 4.69) is 5.32 Å². The van der Waals surface area contributed by atoms with Gasteiger partial charge in [0.1, 0.15) is 0 Å². The van der Waals surface area contributed by atoms with E-state index in [9.17, 15) is 9.59 Å². The number of hydrogen-bond donors (Lipinski definition) is 1. The number of carbonyl (C=O) groups is 2. The van der Waals surface area contributed by atoms with Crippen LogP contribution in [-0.4, -0.2) is 61.9 Å². The van der Waals surface area contributed by atoms with Crippen LogP contribution in [0.5, 0.6) is 0 Å². The molecule has 1 aromatic rings. The van der Waals surface area contributed by atoms with Crippen molar-refractivity contribution in [1.82, 2.24) is 15.1 Å². The third-order valence-electron chi connectivity index (χ3n) is 4.28. The number of piperidine rings is 1. The number of aryl methyl sites for hydroxylation is 1. The van der Waals surface area contributed by atoms with Gasteiger partial charge in [0.15, 0.2) is 0 Å². The quantitative estimate of drug-likeness (QED) is 0.896. The molecule has 5 nitrogen and oxygen atoms in total. The maximum absolute atomic E-state index is 12.5. The van der Waals surface area contributed by atoms with Gasteiger partial charge in [-0.25, -0.2) is 0 Å². The third-order valence-corrected chi connectivity index (χ3v) is 4.28. The highest BCUT2D eigenvalue weighted by molar-refractivity contribution is 5.94. The summed E-state index contributed by atoms with van der Waals surface area (Å²) in [6.45, 7) is 4.81. The van der Waals surface area contributed by atoms with Gasteiger partial charge in [-0.1, -0.05) is 17.7 Å². The van der Waals surface area contributed by atoms with Crippen LogP contribution in [0.1, 0.15) is 28.8 Å². The Morgan fingerprint density at radius 1 is 1.26 bits per heavy atom. The maximum Gasteiger partial charge on any atom is 0.253 e. The molecule has 0 aromatic heterocycles. The Bertz CT molecular complexity index is 549. The van der Waals surface area contributed by atoms with Gasteiger partial charge in [-0.2, -0.15) is 0 Å². The number of nitrogens with zero attached hydrogens (tertiary/aromatic N) is 2. The second kappa shape index (κ2) is 8.11. The first-order valence-corrected chi connectivity index (χ1v) is 8.26. The highest BCUT2D eigenvalue weighted by atomic mass is 16.2. The summed E-state index contributed by atoms with van der Waals surface area (Å²) in [6.07, 6.45) is 1.48. The van der Waals surface area contributed by atoms with Gasteiger partial charge in [-0.3, -0.25) is 9.59 Å². The van der Waals surface area contributed by atoms with Gasteiger partial charge in [-0.05, 0) is 46.0 Å². The van der Waals surface area contributed by atoms with E-state index in [1.807, 2.05) is 55.1 Å². The molecule has 1 aliphatic rings. The first-order valence-electron chi connectivity index (χ1n) is 8.26. The molecule has 1 N–H and O–H groups in total. The average molecular weight is 317 g/mol. The van der Waals surface area contributed by atoms with E-state index in [1.54, 1.807) is 0 Å². The summed E-state index contributed by atoms with van der Waals surface area (Å²) < 4.78 is 0. The average Bonchev–Trinajstić information content (AvgIpc) is 2.54. The maximum atomic E-state index is 12.5. The lowest BCUT2D eigenvalue weighted by atomic mass is 9.95. The number of likely N-dealkylation sites (tertiary alicyclic amines) is 1. The molecule has 0 aliphatic carbocycles. The Labute approximate surface area is 138 Å². The molecule has 23 heavy (non-hydrogen) atoms. The highest BCUT2D eigenvalue weighted by Gasteiger charge is 2.27. The van der Waals surface area contributed by atoms with Crippen LogP contribution >= 0.6 is 0 Å². The lowest BCUT2D eigenvalue weighted by molar-refractivity contribution is -0.126. The molecule has 5 heteroatoms. The molecule has 126 valence electrons. The molecule has 0 spiro atoms. The number of nitrogens with one attached hydrogen (secondary N) is 1. The molecule has 1 saturated heterocycles. The van der Waals surface area contributed by atoms with Crippen molar-refractivity contribution < 1.29 is 9.59 Å². The van der Waals surface area contributed by atoms with Crippen molar-refractivity contribution in [2.75, 3.05) is 40.3 Å². The lowest BCUT2D eigenvalue weighted by Crippen LogP contribution is -2.44. The lowest BCUT2D eigenvalue weighted by Gasteiger charge is -2.31. The molecular weight excluding hydrogens is 290 g/mol. The largest absolute Gasteiger partial charge is 0.355 e. The molecule has 1 aromatic carbocycles. The molecule has 1 fully saturated rings. The molecule has 0 bridgehead atoms. The molecule has 1 aliphatic heterocycles. The second-order valence-electron chi connectivity index (χ2n) is 6.53. The van der Waals surface area contributed by atoms with Crippen LogP contribution < -0.4 is 5.32 Å². The Morgan fingerprint density at radius 3 is 2.57 bits per heavy atom. The summed E-state index contributed by atoms with van der Waals surface area (Å²) in [5, 5.41) is 2.98. The van der Waals surface area contributed by atoms with Crippen molar-refractivity contribution in [3.8, 4) is 0 Å². The standard InChI is InChI=1S/C18H27N3O2/c1-14-5-4-6-16(13-14)18(23)21-10-7-15(8-11-21)17(22)19-9-12-20(2)3/h4-6,13,15H,7-12H2,1-3H3,(H,19,22). The summed E-state index contributed by atoms with van der Waals surface area (Å²) in [6, 6.07) is 7.67. The van der Waals surface area contributed by atoms with Crippen molar-refractivity contribution in [3.63, 3.8) is 0 Å². The number of benzene rings is 1. The Kier molecular flexibility index (Phi) is 6.16. The van der Waals surface area contributed by atoms with Crippen molar-refractivity contribution in [1.29, 1.82) is 0 Å². The monoisotopic (exact) mass is 317 g/mol. The van der Waals surface area contributed by atoms with Crippen LogP contribution in [0.25, 0.3) is 0 Å². The minimum atomic E-state index is 0.0266. The van der Waals surface area contributed by atoms with Crippen LogP contribution in [-0.2, 0) is 4.79 Å². The zero-order chi connectivity index (χ0) is 16.8. The van der Waals surface area contributed by atoms with E-state index in [0.29, 0.717) is 19.6 Å². The van der Waals surface area contributed by atoms with Crippen LogP contribution in [0.15, 0.2) is 24.3 Å². The number of carbonyl (C=O) groups excluding carboxylic acids is 2. The van der Waals surface area contributed by atoms with E-state index in [1.165, 1.54) is 0 Å². The van der Waals surface area contributed by atoms with Gasteiger partial charge < -0.3 is 15.1 Å². The normalized spacial score (nSPS) is 15.7. The zero-order valence-electron chi connectivity index (χ0n) is 14.3. The van der Waals surface area contributed by atoms with Crippen LogP contribution in [0, 0.1) is 12.8 Å². The fraction of sp³-hybridized carbons (Fsp3) is 0.556. The Balaban J connectivity index is 1.81. The summed E-state index contributed by atoms with van der Waals surface area (Å²) in [7, 11) is 3.98. The third kappa shape index (κ3) is 5.06. The van der Waals surface area contributed by atoms with Crippen molar-refractivity contribution >= 4 is 11.8 Å². The van der Waals surface area contributed by atoms with Gasteiger partial charge in [0.05, 0.1) is 0 Å². The van der Waals surface area contributed by atoms with Gasteiger partial charge in [-0.15, -0.1) is 0 Å². The Morgan fingerprint density at radius 2 is 1.96 bits per heavy atom. The van der Waals surface area contributed by atoms with Crippen molar-refractivity contribution in [3.05, 3.63) is 35.4 Å². The minimum Gasteiger partial charge on any atom is -0.355 e. The van der Waals surface area contributed by atoms with Gasteiger partial charge >= 0.3 is 0 Å². The highest BCUT2D eigenvalue weighted by Crippen LogP contribution is 2.19. The van der Waals surface area contributed by atoms with E-state index in [4.69, 9.17) is 0 Å². The van der Waals surface area contributed by atoms with E-state index in [0.717, 1.165) is 30.5 Å². The summed E-state index contributed by atoms with van der Waals surface area (Å²) in [4.78, 5) is 28.5. The van der Waals surface area contributed by atoms with E-state index < -0.39 is 0 Å². The summed E-state index contributed by atoms with van der Waals surface area (Å²) in [5.74, 6) is 0.216. The second-order valence-corrected chi connectivity index (χ2v) is 6.53. The predicted octanol–water partition coefficient (Wildman–Crippen LogP) is 1.53. The molecular formula is C18H27N3O2. The molecule has 0 atom stereocenters. The SMILES string of the molecule is Cc1cccc(C(=O)N2CCC(C(=O)NCCN(C)C)CC2)c1. The van der Waals surface area contributed by atoms with Crippen molar-refractivity contribution in [2.45, 2.75) is 19.8 Å². The van der Waals surface area contributed by atoms with Crippen LogP contribution in [0.2, 0.25) is 0 Å². The molecule has 0 unspecified atom stereocenters. The van der Waals surface area contributed by atoms with Gasteiger partial charge in [0.25, 0.3) is 5.91 Å². The van der Waals surface area contributed by atoms with Gasteiger partial charge in [0.2, 0.25) is 5.91 Å². The molecule has 2 rings (SSSR count). The molecule has 0 saturated carbocycles. The predicted molar refractivity (Wildman–Crippen MR) is 91.4 cm³/mol. The van der Waals surface area contributed by atoms with Crippen LogP contribution in [0.3, 0.4) is 0 Å². The zero-order valence-corrected chi connectivity index (χ0v) is 14.3. The Hall–Kier alpha value is -1.88. The summed E-state index contributed by atoms with van der Waals surface area (Å²) in [5.41, 5.74) is 1.82. The number of likely N-dealkylation sites (N-methyl/N-ethyl adjacent to an activating group) is 1. The fourth-order valence-electron chi connectivity index (χ4n) is 2.85.